The maximum atomic E-state index is 11.1. The second kappa shape index (κ2) is 4.72. The Morgan fingerprint density at radius 1 is 1.56 bits per heavy atom. The van der Waals surface area contributed by atoms with Crippen molar-refractivity contribution in [3.05, 3.63) is 17.5 Å². The molecule has 2 N–H and O–H groups in total. The van der Waals surface area contributed by atoms with Crippen LogP contribution in [0, 0.1) is 0 Å². The quantitative estimate of drug-likeness (QED) is 0.830. The fraction of sp³-hybridized carbons (Fsp3) is 0.692. The molecule has 1 atom stereocenters. The van der Waals surface area contributed by atoms with Gasteiger partial charge in [-0.05, 0) is 0 Å². The van der Waals surface area contributed by atoms with Gasteiger partial charge in [-0.25, -0.2) is 0 Å². The van der Waals surface area contributed by atoms with Crippen LogP contribution in [0.5, 0.6) is 0 Å². The van der Waals surface area contributed by atoms with Crippen molar-refractivity contribution in [1.29, 1.82) is 0 Å². The minimum Gasteiger partial charge on any atom is -0.354 e. The fourth-order valence-corrected chi connectivity index (χ4v) is 2.30. The third kappa shape index (κ3) is 2.90. The monoisotopic (exact) mass is 250 g/mol. The molecule has 1 aromatic rings. The summed E-state index contributed by atoms with van der Waals surface area (Å²) in [6.45, 7) is 7.99. The van der Waals surface area contributed by atoms with E-state index in [2.05, 4.69) is 42.7 Å². The first-order valence-corrected chi connectivity index (χ1v) is 6.39. The van der Waals surface area contributed by atoms with Crippen LogP contribution in [0.1, 0.15) is 38.4 Å². The molecule has 1 aromatic heterocycles. The first-order valence-electron chi connectivity index (χ1n) is 6.39. The molecule has 0 radical (unpaired) electrons. The zero-order valence-electron chi connectivity index (χ0n) is 11.6. The van der Waals surface area contributed by atoms with Crippen molar-refractivity contribution < 1.29 is 4.79 Å². The molecule has 1 saturated heterocycles. The molecule has 2 heterocycles. The molecule has 1 amide bonds. The Bertz CT molecular complexity index is 444. The van der Waals surface area contributed by atoms with Crippen LogP contribution in [0.3, 0.4) is 0 Å². The number of aryl methyl sites for hydroxylation is 1. The summed E-state index contributed by atoms with van der Waals surface area (Å²) < 4.78 is 1.86. The summed E-state index contributed by atoms with van der Waals surface area (Å²) in [6.07, 6.45) is 2.63. The Hall–Kier alpha value is -1.36. The van der Waals surface area contributed by atoms with Gasteiger partial charge < -0.3 is 10.6 Å². The lowest BCUT2D eigenvalue weighted by Gasteiger charge is -2.18. The zero-order chi connectivity index (χ0) is 13.3. The van der Waals surface area contributed by atoms with Crippen LogP contribution in [-0.2, 0) is 23.8 Å². The normalized spacial score (nSPS) is 20.2. The SMILES string of the molecule is Cn1cc(CNC2CNC(=O)C2)c(C(C)(C)C)n1. The summed E-state index contributed by atoms with van der Waals surface area (Å²) in [6, 6.07) is 0.241. The molecule has 0 bridgehead atoms. The van der Waals surface area contributed by atoms with Gasteiger partial charge in [0.05, 0.1) is 5.69 Å². The zero-order valence-corrected chi connectivity index (χ0v) is 11.6. The molecule has 0 saturated carbocycles. The van der Waals surface area contributed by atoms with Crippen LogP contribution in [0.15, 0.2) is 6.20 Å². The maximum Gasteiger partial charge on any atom is 0.221 e. The Balaban J connectivity index is 2.03. The molecule has 0 spiro atoms. The molecule has 1 aliphatic heterocycles. The van der Waals surface area contributed by atoms with E-state index in [-0.39, 0.29) is 17.4 Å². The second-order valence-electron chi connectivity index (χ2n) is 6.01. The summed E-state index contributed by atoms with van der Waals surface area (Å²) in [4.78, 5) is 11.1. The molecule has 0 aromatic carbocycles. The molecule has 1 fully saturated rings. The molecule has 5 heteroatoms. The van der Waals surface area contributed by atoms with Gasteiger partial charge in [0.25, 0.3) is 0 Å². The van der Waals surface area contributed by atoms with E-state index in [1.807, 2.05) is 11.7 Å². The molecule has 1 unspecified atom stereocenters. The van der Waals surface area contributed by atoms with Gasteiger partial charge in [-0.15, -0.1) is 0 Å². The molecular formula is C13H22N4O. The van der Waals surface area contributed by atoms with Gasteiger partial charge in [0.15, 0.2) is 0 Å². The standard InChI is InChI=1S/C13H22N4O/c1-13(2,3)12-9(8-17(4)16-12)6-14-10-5-11(18)15-7-10/h8,10,14H,5-7H2,1-4H3,(H,15,18). The summed E-state index contributed by atoms with van der Waals surface area (Å²) >= 11 is 0. The van der Waals surface area contributed by atoms with Crippen molar-refractivity contribution in [2.24, 2.45) is 7.05 Å². The van der Waals surface area contributed by atoms with Gasteiger partial charge in [-0.1, -0.05) is 20.8 Å². The molecule has 100 valence electrons. The summed E-state index contributed by atoms with van der Waals surface area (Å²) in [7, 11) is 1.94. The van der Waals surface area contributed by atoms with Gasteiger partial charge in [-0.2, -0.15) is 5.10 Å². The first kappa shape index (κ1) is 13.1. The van der Waals surface area contributed by atoms with Crippen LogP contribution in [-0.4, -0.2) is 28.3 Å². The summed E-state index contributed by atoms with van der Waals surface area (Å²) in [5, 5.41) is 10.8. The fourth-order valence-electron chi connectivity index (χ4n) is 2.30. The van der Waals surface area contributed by atoms with Crippen molar-refractivity contribution in [3.8, 4) is 0 Å². The lowest BCUT2D eigenvalue weighted by molar-refractivity contribution is -0.119. The lowest BCUT2D eigenvalue weighted by Crippen LogP contribution is -2.31. The van der Waals surface area contributed by atoms with Crippen molar-refractivity contribution in [2.75, 3.05) is 6.54 Å². The van der Waals surface area contributed by atoms with Crippen molar-refractivity contribution in [3.63, 3.8) is 0 Å². The van der Waals surface area contributed by atoms with Gasteiger partial charge in [-0.3, -0.25) is 9.48 Å². The minimum atomic E-state index is 0.0437. The lowest BCUT2D eigenvalue weighted by atomic mass is 9.89. The van der Waals surface area contributed by atoms with Crippen molar-refractivity contribution in [1.82, 2.24) is 20.4 Å². The van der Waals surface area contributed by atoms with Gasteiger partial charge >= 0.3 is 0 Å². The average molecular weight is 250 g/mol. The highest BCUT2D eigenvalue weighted by Gasteiger charge is 2.24. The van der Waals surface area contributed by atoms with E-state index in [1.165, 1.54) is 5.56 Å². The number of aromatic nitrogens is 2. The number of rotatable bonds is 3. The molecule has 2 rings (SSSR count). The van der Waals surface area contributed by atoms with E-state index < -0.39 is 0 Å². The minimum absolute atomic E-state index is 0.0437. The highest BCUT2D eigenvalue weighted by Crippen LogP contribution is 2.24. The highest BCUT2D eigenvalue weighted by atomic mass is 16.1. The van der Waals surface area contributed by atoms with Gasteiger partial charge in [0.1, 0.15) is 0 Å². The summed E-state index contributed by atoms with van der Waals surface area (Å²) in [5.74, 6) is 0.134. The number of carbonyl (C=O) groups is 1. The van der Waals surface area contributed by atoms with E-state index in [0.29, 0.717) is 6.42 Å². The molecule has 0 aliphatic carbocycles. The predicted molar refractivity (Wildman–Crippen MR) is 70.2 cm³/mol. The van der Waals surface area contributed by atoms with E-state index in [0.717, 1.165) is 18.8 Å². The van der Waals surface area contributed by atoms with Crippen LogP contribution in [0.25, 0.3) is 0 Å². The van der Waals surface area contributed by atoms with E-state index in [4.69, 9.17) is 0 Å². The average Bonchev–Trinajstić information content (AvgIpc) is 2.81. The molecule has 5 nitrogen and oxygen atoms in total. The van der Waals surface area contributed by atoms with Crippen LogP contribution < -0.4 is 10.6 Å². The Labute approximate surface area is 108 Å². The molecule has 18 heavy (non-hydrogen) atoms. The number of amides is 1. The first-order chi connectivity index (χ1) is 8.36. The molecule has 1 aliphatic rings. The topological polar surface area (TPSA) is 59.0 Å². The smallest absolute Gasteiger partial charge is 0.221 e. The number of nitrogens with zero attached hydrogens (tertiary/aromatic N) is 2. The number of hydrogen-bond acceptors (Lipinski definition) is 3. The van der Waals surface area contributed by atoms with Gasteiger partial charge in [0, 0.05) is 49.8 Å². The van der Waals surface area contributed by atoms with E-state index in [9.17, 15) is 4.79 Å². The van der Waals surface area contributed by atoms with Crippen LogP contribution in [0.4, 0.5) is 0 Å². The third-order valence-electron chi connectivity index (χ3n) is 3.17. The van der Waals surface area contributed by atoms with E-state index >= 15 is 0 Å². The van der Waals surface area contributed by atoms with Crippen LogP contribution >= 0.6 is 0 Å². The Morgan fingerprint density at radius 2 is 2.28 bits per heavy atom. The van der Waals surface area contributed by atoms with Gasteiger partial charge in [0.2, 0.25) is 5.91 Å². The Kier molecular flexibility index (Phi) is 3.43. The number of hydrogen-bond donors (Lipinski definition) is 2. The largest absolute Gasteiger partial charge is 0.354 e. The number of carbonyl (C=O) groups excluding carboxylic acids is 1. The maximum absolute atomic E-state index is 11.1. The predicted octanol–water partition coefficient (Wildman–Crippen LogP) is 0.696. The second-order valence-corrected chi connectivity index (χ2v) is 6.01. The van der Waals surface area contributed by atoms with Crippen molar-refractivity contribution in [2.45, 2.75) is 45.2 Å². The van der Waals surface area contributed by atoms with E-state index in [1.54, 1.807) is 0 Å². The van der Waals surface area contributed by atoms with Crippen molar-refractivity contribution >= 4 is 5.91 Å². The third-order valence-corrected chi connectivity index (χ3v) is 3.17. The number of nitrogens with one attached hydrogen (secondary N) is 2. The highest BCUT2D eigenvalue weighted by molar-refractivity contribution is 5.78. The summed E-state index contributed by atoms with van der Waals surface area (Å²) in [5.41, 5.74) is 2.38. The van der Waals surface area contributed by atoms with Crippen LogP contribution in [0.2, 0.25) is 0 Å². The Morgan fingerprint density at radius 3 is 2.83 bits per heavy atom. The molecular weight excluding hydrogens is 228 g/mol.